The van der Waals surface area contributed by atoms with E-state index in [4.69, 9.17) is 4.74 Å². The molecule has 1 unspecified atom stereocenters. The fraction of sp³-hybridized carbons (Fsp3) is 0.278. The molecule has 0 spiro atoms. The molecule has 1 saturated heterocycles. The minimum absolute atomic E-state index is 0.0248. The lowest BCUT2D eigenvalue weighted by Gasteiger charge is -2.32. The quantitative estimate of drug-likeness (QED) is 0.921. The Kier molecular flexibility index (Phi) is 5.35. The lowest BCUT2D eigenvalue weighted by molar-refractivity contribution is -0.119. The van der Waals surface area contributed by atoms with Gasteiger partial charge in [0.15, 0.2) is 0 Å². The average molecular weight is 350 g/mol. The fourth-order valence-electron chi connectivity index (χ4n) is 2.71. The van der Waals surface area contributed by atoms with Crippen LogP contribution in [0, 0.1) is 17.5 Å². The van der Waals surface area contributed by atoms with Crippen molar-refractivity contribution >= 4 is 11.6 Å². The molecule has 3 rings (SSSR count). The zero-order valence-corrected chi connectivity index (χ0v) is 13.3. The number of hydrogen-bond acceptors (Lipinski definition) is 3. The van der Waals surface area contributed by atoms with Crippen LogP contribution in [-0.4, -0.2) is 37.0 Å². The monoisotopic (exact) mass is 350 g/mol. The summed E-state index contributed by atoms with van der Waals surface area (Å²) in [5.74, 6) is -2.09. The van der Waals surface area contributed by atoms with Crippen molar-refractivity contribution in [2.75, 3.05) is 31.6 Å². The summed E-state index contributed by atoms with van der Waals surface area (Å²) in [6.07, 6.45) is -0.270. The summed E-state index contributed by atoms with van der Waals surface area (Å²) in [6, 6.07) is 8.89. The van der Waals surface area contributed by atoms with Crippen molar-refractivity contribution in [3.63, 3.8) is 0 Å². The number of rotatable bonds is 4. The van der Waals surface area contributed by atoms with E-state index < -0.39 is 17.5 Å². The van der Waals surface area contributed by atoms with Gasteiger partial charge in [0.05, 0.1) is 24.9 Å². The van der Waals surface area contributed by atoms with Gasteiger partial charge in [-0.25, -0.2) is 13.2 Å². The molecule has 1 heterocycles. The molecule has 132 valence electrons. The van der Waals surface area contributed by atoms with E-state index in [0.717, 1.165) is 23.8 Å². The molecule has 1 aliphatic heterocycles. The van der Waals surface area contributed by atoms with Crippen LogP contribution in [0.5, 0.6) is 0 Å². The first-order valence-corrected chi connectivity index (χ1v) is 7.85. The Morgan fingerprint density at radius 2 is 1.84 bits per heavy atom. The van der Waals surface area contributed by atoms with E-state index in [9.17, 15) is 18.0 Å². The molecule has 1 atom stereocenters. The van der Waals surface area contributed by atoms with Crippen molar-refractivity contribution in [2.24, 2.45) is 0 Å². The number of carbonyl (C=O) groups is 1. The van der Waals surface area contributed by atoms with Gasteiger partial charge in [0.25, 0.3) is 0 Å². The average Bonchev–Trinajstić information content (AvgIpc) is 2.59. The standard InChI is InChI=1S/C18H17F3N2O2/c19-13-3-1-12(2-4-13)17-10-23(7-8-25-17)11-18(24)22-16-9-14(20)5-6-15(16)21/h1-6,9,17H,7-8,10-11H2,(H,22,24). The summed E-state index contributed by atoms with van der Waals surface area (Å²) in [4.78, 5) is 14.0. The van der Waals surface area contributed by atoms with Crippen LogP contribution in [0.15, 0.2) is 42.5 Å². The Morgan fingerprint density at radius 1 is 1.12 bits per heavy atom. The van der Waals surface area contributed by atoms with Gasteiger partial charge in [-0.1, -0.05) is 12.1 Å². The topological polar surface area (TPSA) is 41.6 Å². The third kappa shape index (κ3) is 4.58. The molecule has 1 N–H and O–H groups in total. The molecule has 4 nitrogen and oxygen atoms in total. The van der Waals surface area contributed by atoms with Crippen molar-refractivity contribution < 1.29 is 22.7 Å². The number of ether oxygens (including phenoxy) is 1. The lowest BCUT2D eigenvalue weighted by atomic mass is 10.1. The fourth-order valence-corrected chi connectivity index (χ4v) is 2.71. The second-order valence-corrected chi connectivity index (χ2v) is 5.82. The van der Waals surface area contributed by atoms with E-state index in [2.05, 4.69) is 5.32 Å². The highest BCUT2D eigenvalue weighted by Crippen LogP contribution is 2.22. The van der Waals surface area contributed by atoms with E-state index in [1.165, 1.54) is 12.1 Å². The molecule has 0 aliphatic carbocycles. The smallest absolute Gasteiger partial charge is 0.238 e. The first-order valence-electron chi connectivity index (χ1n) is 7.85. The van der Waals surface area contributed by atoms with Gasteiger partial charge in [0.2, 0.25) is 5.91 Å². The molecule has 0 bridgehead atoms. The summed E-state index contributed by atoms with van der Waals surface area (Å²) in [5, 5.41) is 2.37. The SMILES string of the molecule is O=C(CN1CCOC(c2ccc(F)cc2)C1)Nc1cc(F)ccc1F. The molecule has 1 aliphatic rings. The Bertz CT molecular complexity index is 752. The third-order valence-corrected chi connectivity index (χ3v) is 3.96. The molecule has 0 radical (unpaired) electrons. The zero-order chi connectivity index (χ0) is 17.8. The van der Waals surface area contributed by atoms with Crippen LogP contribution in [0.2, 0.25) is 0 Å². The minimum atomic E-state index is -0.694. The first-order chi connectivity index (χ1) is 12.0. The molecule has 1 fully saturated rings. The van der Waals surface area contributed by atoms with Crippen LogP contribution in [0.3, 0.4) is 0 Å². The highest BCUT2D eigenvalue weighted by Gasteiger charge is 2.23. The van der Waals surface area contributed by atoms with Crippen LogP contribution in [0.1, 0.15) is 11.7 Å². The van der Waals surface area contributed by atoms with Gasteiger partial charge in [-0.3, -0.25) is 9.69 Å². The molecule has 1 amide bonds. The summed E-state index contributed by atoms with van der Waals surface area (Å²) in [6.45, 7) is 1.43. The van der Waals surface area contributed by atoms with Crippen molar-refractivity contribution in [3.8, 4) is 0 Å². The van der Waals surface area contributed by atoms with Crippen molar-refractivity contribution in [2.45, 2.75) is 6.10 Å². The number of hydrogen-bond donors (Lipinski definition) is 1. The maximum Gasteiger partial charge on any atom is 0.238 e. The molecule has 2 aromatic rings. The number of nitrogens with one attached hydrogen (secondary N) is 1. The van der Waals surface area contributed by atoms with E-state index in [-0.39, 0.29) is 24.2 Å². The molecule has 25 heavy (non-hydrogen) atoms. The first kappa shape index (κ1) is 17.4. The molecule has 2 aromatic carbocycles. The Labute approximate surface area is 143 Å². The largest absolute Gasteiger partial charge is 0.371 e. The van der Waals surface area contributed by atoms with Crippen LogP contribution < -0.4 is 5.32 Å². The maximum absolute atomic E-state index is 13.6. The number of benzene rings is 2. The molecule has 7 heteroatoms. The van der Waals surface area contributed by atoms with Crippen molar-refractivity contribution in [1.82, 2.24) is 4.90 Å². The van der Waals surface area contributed by atoms with Crippen LogP contribution >= 0.6 is 0 Å². The van der Waals surface area contributed by atoms with Gasteiger partial charge in [0.1, 0.15) is 17.5 Å². The van der Waals surface area contributed by atoms with Gasteiger partial charge in [0, 0.05) is 19.2 Å². The molecular formula is C18H17F3N2O2. The maximum atomic E-state index is 13.6. The van der Waals surface area contributed by atoms with Crippen LogP contribution in [0.25, 0.3) is 0 Å². The highest BCUT2D eigenvalue weighted by molar-refractivity contribution is 5.92. The Balaban J connectivity index is 1.59. The summed E-state index contributed by atoms with van der Waals surface area (Å²) < 4.78 is 45.4. The van der Waals surface area contributed by atoms with Crippen LogP contribution in [0.4, 0.5) is 18.9 Å². The number of nitrogens with zero attached hydrogens (tertiary/aromatic N) is 1. The summed E-state index contributed by atoms with van der Waals surface area (Å²) in [7, 11) is 0. The van der Waals surface area contributed by atoms with Gasteiger partial charge in [-0.2, -0.15) is 0 Å². The second-order valence-electron chi connectivity index (χ2n) is 5.82. The number of anilines is 1. The van der Waals surface area contributed by atoms with Gasteiger partial charge in [-0.05, 0) is 29.8 Å². The van der Waals surface area contributed by atoms with E-state index in [1.54, 1.807) is 12.1 Å². The molecule has 0 saturated carbocycles. The Hall–Kier alpha value is -2.38. The number of halogens is 3. The Morgan fingerprint density at radius 3 is 2.60 bits per heavy atom. The number of morpholine rings is 1. The van der Waals surface area contributed by atoms with E-state index in [0.29, 0.717) is 19.7 Å². The predicted octanol–water partition coefficient (Wildman–Crippen LogP) is 3.12. The van der Waals surface area contributed by atoms with Crippen LogP contribution in [-0.2, 0) is 9.53 Å². The van der Waals surface area contributed by atoms with Gasteiger partial charge >= 0.3 is 0 Å². The van der Waals surface area contributed by atoms with Crippen molar-refractivity contribution in [3.05, 3.63) is 65.5 Å². The number of carbonyl (C=O) groups excluding carboxylic acids is 1. The molecular weight excluding hydrogens is 333 g/mol. The predicted molar refractivity (Wildman–Crippen MR) is 86.5 cm³/mol. The van der Waals surface area contributed by atoms with Gasteiger partial charge in [-0.15, -0.1) is 0 Å². The third-order valence-electron chi connectivity index (χ3n) is 3.96. The normalized spacial score (nSPS) is 18.1. The van der Waals surface area contributed by atoms with Gasteiger partial charge < -0.3 is 10.1 Å². The number of amides is 1. The summed E-state index contributed by atoms with van der Waals surface area (Å²) >= 11 is 0. The molecule has 0 aromatic heterocycles. The summed E-state index contributed by atoms with van der Waals surface area (Å²) in [5.41, 5.74) is 0.635. The highest BCUT2D eigenvalue weighted by atomic mass is 19.1. The minimum Gasteiger partial charge on any atom is -0.371 e. The lowest BCUT2D eigenvalue weighted by Crippen LogP contribution is -2.42. The van der Waals surface area contributed by atoms with E-state index in [1.807, 2.05) is 4.90 Å². The van der Waals surface area contributed by atoms with E-state index >= 15 is 0 Å². The zero-order valence-electron chi connectivity index (χ0n) is 13.3. The van der Waals surface area contributed by atoms with Crippen molar-refractivity contribution in [1.29, 1.82) is 0 Å². The second kappa shape index (κ2) is 7.67.